The van der Waals surface area contributed by atoms with Crippen LogP contribution in [0.2, 0.25) is 0 Å². The number of imidazole rings is 2. The molecular formula is C28H28N10. The van der Waals surface area contributed by atoms with Gasteiger partial charge >= 0.3 is 0 Å². The Morgan fingerprint density at radius 3 is 2.84 bits per heavy atom. The molecular weight excluding hydrogens is 476 g/mol. The molecule has 10 nitrogen and oxygen atoms in total. The van der Waals surface area contributed by atoms with Gasteiger partial charge in [0.2, 0.25) is 0 Å². The van der Waals surface area contributed by atoms with Gasteiger partial charge in [-0.15, -0.1) is 0 Å². The van der Waals surface area contributed by atoms with Crippen LogP contribution in [-0.2, 0) is 6.54 Å². The van der Waals surface area contributed by atoms with E-state index in [4.69, 9.17) is 4.98 Å². The quantitative estimate of drug-likeness (QED) is 0.287. The van der Waals surface area contributed by atoms with Gasteiger partial charge in [0.15, 0.2) is 11.6 Å². The van der Waals surface area contributed by atoms with Gasteiger partial charge in [0.05, 0.1) is 28.6 Å². The second-order valence-electron chi connectivity index (χ2n) is 10.1. The zero-order valence-corrected chi connectivity index (χ0v) is 21.1. The number of fused-ring (bicyclic) bond motifs is 2. The van der Waals surface area contributed by atoms with E-state index < -0.39 is 0 Å². The zero-order chi connectivity index (χ0) is 25.5. The standard InChI is InChI=1S/C28H28N10/c1-17-15-38(16-33-17)28-26-22(6-7-31-28)34-27(35-26)25-21-9-23(32-14-24(21)36-37-25)20-8-19(12-30-13-20)11-29-10-18-4-2-3-5-18/h6-9,12-16,18,29H,2-5,10-11H2,1H3,(H,34,35)(H,36,37). The van der Waals surface area contributed by atoms with E-state index in [0.717, 1.165) is 75.0 Å². The monoisotopic (exact) mass is 504 g/mol. The van der Waals surface area contributed by atoms with Crippen LogP contribution in [0.4, 0.5) is 0 Å². The molecule has 6 aromatic rings. The molecule has 0 aliphatic heterocycles. The van der Waals surface area contributed by atoms with Crippen LogP contribution in [0.25, 0.3) is 50.5 Å². The molecule has 6 heterocycles. The molecule has 0 atom stereocenters. The molecule has 0 aromatic carbocycles. The minimum Gasteiger partial charge on any atom is -0.336 e. The van der Waals surface area contributed by atoms with Crippen LogP contribution in [0.5, 0.6) is 0 Å². The Morgan fingerprint density at radius 1 is 1.05 bits per heavy atom. The van der Waals surface area contributed by atoms with Gasteiger partial charge in [0.25, 0.3) is 0 Å². The second kappa shape index (κ2) is 9.46. The van der Waals surface area contributed by atoms with Crippen molar-refractivity contribution in [3.05, 3.63) is 66.8 Å². The van der Waals surface area contributed by atoms with E-state index in [2.05, 4.69) is 46.5 Å². The summed E-state index contributed by atoms with van der Waals surface area (Å²) in [5.41, 5.74) is 7.10. The van der Waals surface area contributed by atoms with Crippen molar-refractivity contribution >= 4 is 21.9 Å². The molecule has 0 amide bonds. The van der Waals surface area contributed by atoms with Crippen molar-refractivity contribution in [1.82, 2.24) is 50.0 Å². The maximum Gasteiger partial charge on any atom is 0.166 e. The van der Waals surface area contributed by atoms with Crippen molar-refractivity contribution in [2.24, 2.45) is 5.92 Å². The fourth-order valence-electron chi connectivity index (χ4n) is 5.37. The fourth-order valence-corrected chi connectivity index (χ4v) is 5.37. The number of aryl methyl sites for hydroxylation is 1. The SMILES string of the molecule is Cc1cn(-c2nccc3[nH]c(-c4n[nH]c5cnc(-c6cncc(CNCC7CCCC7)c6)cc45)nc23)cn1. The Kier molecular flexibility index (Phi) is 5.66. The third-order valence-corrected chi connectivity index (χ3v) is 7.34. The number of aromatic nitrogens is 9. The lowest BCUT2D eigenvalue weighted by atomic mass is 10.1. The van der Waals surface area contributed by atoms with Gasteiger partial charge in [-0.2, -0.15) is 5.10 Å². The molecule has 1 aliphatic carbocycles. The summed E-state index contributed by atoms with van der Waals surface area (Å²) in [7, 11) is 0. The molecule has 6 aromatic heterocycles. The summed E-state index contributed by atoms with van der Waals surface area (Å²) in [6.45, 7) is 3.83. The molecule has 10 heteroatoms. The largest absolute Gasteiger partial charge is 0.336 e. The number of hydrogen-bond donors (Lipinski definition) is 3. The third kappa shape index (κ3) is 4.22. The first-order valence-corrected chi connectivity index (χ1v) is 13.1. The predicted molar refractivity (Wildman–Crippen MR) is 146 cm³/mol. The highest BCUT2D eigenvalue weighted by Gasteiger charge is 2.17. The first-order chi connectivity index (χ1) is 18.7. The predicted octanol–water partition coefficient (Wildman–Crippen LogP) is 4.73. The van der Waals surface area contributed by atoms with Gasteiger partial charge < -0.3 is 10.3 Å². The van der Waals surface area contributed by atoms with Crippen LogP contribution in [0, 0.1) is 12.8 Å². The summed E-state index contributed by atoms with van der Waals surface area (Å²) in [6, 6.07) is 6.13. The van der Waals surface area contributed by atoms with E-state index >= 15 is 0 Å². The smallest absolute Gasteiger partial charge is 0.166 e. The number of nitrogens with zero attached hydrogens (tertiary/aromatic N) is 7. The summed E-state index contributed by atoms with van der Waals surface area (Å²) in [6.07, 6.45) is 16.5. The average Bonchev–Trinajstić information content (AvgIpc) is 3.74. The van der Waals surface area contributed by atoms with E-state index in [1.807, 2.05) is 48.4 Å². The second-order valence-corrected chi connectivity index (χ2v) is 10.1. The Hall–Kier alpha value is -4.44. The number of pyridine rings is 3. The van der Waals surface area contributed by atoms with Crippen molar-refractivity contribution in [2.45, 2.75) is 39.2 Å². The molecule has 0 saturated heterocycles. The highest BCUT2D eigenvalue weighted by atomic mass is 15.2. The maximum atomic E-state index is 4.88. The average molecular weight is 505 g/mol. The summed E-state index contributed by atoms with van der Waals surface area (Å²) in [5, 5.41) is 12.2. The molecule has 1 aliphatic rings. The van der Waals surface area contributed by atoms with Gasteiger partial charge in [-0.3, -0.25) is 19.6 Å². The lowest BCUT2D eigenvalue weighted by Gasteiger charge is -2.11. The van der Waals surface area contributed by atoms with E-state index in [9.17, 15) is 0 Å². The Labute approximate surface area is 219 Å². The normalized spacial score (nSPS) is 14.2. The van der Waals surface area contributed by atoms with Crippen molar-refractivity contribution in [2.75, 3.05) is 6.54 Å². The van der Waals surface area contributed by atoms with Crippen molar-refractivity contribution in [1.29, 1.82) is 0 Å². The topological polar surface area (TPSA) is 126 Å². The van der Waals surface area contributed by atoms with Crippen LogP contribution in [0.15, 0.2) is 55.5 Å². The number of nitrogens with one attached hydrogen (secondary N) is 3. The molecule has 1 fully saturated rings. The molecule has 0 unspecified atom stereocenters. The van der Waals surface area contributed by atoms with Crippen LogP contribution in [-0.4, -0.2) is 51.2 Å². The van der Waals surface area contributed by atoms with E-state index in [-0.39, 0.29) is 0 Å². The van der Waals surface area contributed by atoms with Crippen molar-refractivity contribution in [3.8, 4) is 28.6 Å². The van der Waals surface area contributed by atoms with E-state index in [0.29, 0.717) is 5.82 Å². The molecule has 190 valence electrons. The van der Waals surface area contributed by atoms with Crippen LogP contribution in [0.3, 0.4) is 0 Å². The highest BCUT2D eigenvalue weighted by Crippen LogP contribution is 2.30. The van der Waals surface area contributed by atoms with Gasteiger partial charge in [0.1, 0.15) is 17.5 Å². The lowest BCUT2D eigenvalue weighted by molar-refractivity contribution is 0.489. The van der Waals surface area contributed by atoms with E-state index in [1.54, 1.807) is 12.5 Å². The summed E-state index contributed by atoms with van der Waals surface area (Å²) >= 11 is 0. The third-order valence-electron chi connectivity index (χ3n) is 7.34. The first kappa shape index (κ1) is 22.7. The van der Waals surface area contributed by atoms with Gasteiger partial charge in [-0.05, 0) is 56.0 Å². The summed E-state index contributed by atoms with van der Waals surface area (Å²) in [4.78, 5) is 26.3. The van der Waals surface area contributed by atoms with Crippen molar-refractivity contribution < 1.29 is 0 Å². The maximum absolute atomic E-state index is 4.88. The first-order valence-electron chi connectivity index (χ1n) is 13.1. The Balaban J connectivity index is 1.20. The Morgan fingerprint density at radius 2 is 1.97 bits per heavy atom. The number of H-pyrrole nitrogens is 2. The minimum atomic E-state index is 0.664. The van der Waals surface area contributed by atoms with Crippen LogP contribution >= 0.6 is 0 Å². The molecule has 0 bridgehead atoms. The van der Waals surface area contributed by atoms with Crippen LogP contribution in [0.1, 0.15) is 36.9 Å². The minimum absolute atomic E-state index is 0.664. The Bertz CT molecular complexity index is 1740. The molecule has 7 rings (SSSR count). The molecule has 38 heavy (non-hydrogen) atoms. The fraction of sp³-hybridized carbons (Fsp3) is 0.286. The highest BCUT2D eigenvalue weighted by molar-refractivity contribution is 5.95. The number of aromatic amines is 2. The molecule has 0 radical (unpaired) electrons. The molecule has 3 N–H and O–H groups in total. The van der Waals surface area contributed by atoms with E-state index in [1.165, 1.54) is 25.7 Å². The number of hydrogen-bond acceptors (Lipinski definition) is 7. The van der Waals surface area contributed by atoms with Crippen molar-refractivity contribution in [3.63, 3.8) is 0 Å². The van der Waals surface area contributed by atoms with Gasteiger partial charge in [-0.1, -0.05) is 12.8 Å². The molecule has 0 spiro atoms. The summed E-state index contributed by atoms with van der Waals surface area (Å²) < 4.78 is 1.88. The molecule has 1 saturated carbocycles. The zero-order valence-electron chi connectivity index (χ0n) is 21.1. The van der Waals surface area contributed by atoms with Gasteiger partial charge in [0, 0.05) is 42.3 Å². The number of rotatable bonds is 7. The summed E-state index contributed by atoms with van der Waals surface area (Å²) in [5.74, 6) is 2.19. The lowest BCUT2D eigenvalue weighted by Crippen LogP contribution is -2.20. The van der Waals surface area contributed by atoms with Gasteiger partial charge in [-0.25, -0.2) is 15.0 Å². The van der Waals surface area contributed by atoms with Crippen LogP contribution < -0.4 is 5.32 Å².